The molecule has 0 radical (unpaired) electrons. The molecule has 3 rings (SSSR count). The van der Waals surface area contributed by atoms with Gasteiger partial charge in [-0.1, -0.05) is 43.6 Å². The molecule has 1 N–H and O–H groups in total. The number of halogens is 1. The molecule has 1 atom stereocenters. The van der Waals surface area contributed by atoms with Gasteiger partial charge in [0.1, 0.15) is 0 Å². The number of benzene rings is 2. The van der Waals surface area contributed by atoms with Crippen LogP contribution in [0.2, 0.25) is 5.02 Å². The predicted octanol–water partition coefficient (Wildman–Crippen LogP) is 4.01. The highest BCUT2D eigenvalue weighted by atomic mass is 35.5. The van der Waals surface area contributed by atoms with Gasteiger partial charge in [-0.2, -0.15) is 0 Å². The number of hydrogen-bond acceptors (Lipinski definition) is 3. The highest BCUT2D eigenvalue weighted by Crippen LogP contribution is 2.26. The van der Waals surface area contributed by atoms with Crippen LogP contribution in [0.15, 0.2) is 48.5 Å². The third kappa shape index (κ3) is 4.45. The highest BCUT2D eigenvalue weighted by Gasteiger charge is 2.29. The topological polar surface area (TPSA) is 66.5 Å². The number of carbonyl (C=O) groups excluding carboxylic acids is 1. The molecule has 0 unspecified atom stereocenters. The fourth-order valence-corrected chi connectivity index (χ4v) is 4.94. The second kappa shape index (κ2) is 7.90. The van der Waals surface area contributed by atoms with Crippen LogP contribution in [0.4, 0.5) is 5.69 Å². The maximum absolute atomic E-state index is 12.8. The van der Waals surface area contributed by atoms with E-state index in [1.54, 1.807) is 36.4 Å². The van der Waals surface area contributed by atoms with E-state index < -0.39 is 10.0 Å². The van der Waals surface area contributed by atoms with Gasteiger partial charge in [0, 0.05) is 17.1 Å². The molecule has 0 saturated carbocycles. The van der Waals surface area contributed by atoms with Crippen LogP contribution in [0, 0.1) is 5.92 Å². The number of sulfonamides is 1. The van der Waals surface area contributed by atoms with Crippen LogP contribution in [0.5, 0.6) is 0 Å². The number of rotatable bonds is 5. The van der Waals surface area contributed by atoms with Crippen LogP contribution < -0.4 is 9.62 Å². The number of nitrogens with one attached hydrogen (secondary N) is 1. The number of hydrogen-bond donors (Lipinski definition) is 1. The zero-order valence-electron chi connectivity index (χ0n) is 15.4. The van der Waals surface area contributed by atoms with Crippen molar-refractivity contribution in [1.29, 1.82) is 0 Å². The van der Waals surface area contributed by atoms with Crippen LogP contribution >= 0.6 is 11.6 Å². The summed E-state index contributed by atoms with van der Waals surface area (Å²) in [5, 5.41) is 3.70. The average molecular weight is 407 g/mol. The molecule has 0 aromatic heterocycles. The monoisotopic (exact) mass is 406 g/mol. The van der Waals surface area contributed by atoms with E-state index in [0.717, 1.165) is 5.56 Å². The van der Waals surface area contributed by atoms with Crippen molar-refractivity contribution in [3.63, 3.8) is 0 Å². The third-order valence-corrected chi connectivity index (χ3v) is 6.80. The lowest BCUT2D eigenvalue weighted by Crippen LogP contribution is -2.32. The fourth-order valence-electron chi connectivity index (χ4n) is 3.26. The summed E-state index contributed by atoms with van der Waals surface area (Å²) < 4.78 is 25.7. The lowest BCUT2D eigenvalue weighted by molar-refractivity contribution is 0.0925. The largest absolute Gasteiger partial charge is 0.345 e. The first-order valence-corrected chi connectivity index (χ1v) is 10.9. The van der Waals surface area contributed by atoms with Gasteiger partial charge in [-0.25, -0.2) is 8.42 Å². The fraction of sp³-hybridized carbons (Fsp3) is 0.350. The first-order chi connectivity index (χ1) is 12.8. The molecule has 5 nitrogen and oxygen atoms in total. The Labute approximate surface area is 165 Å². The molecule has 1 heterocycles. The SMILES string of the molecule is CC(C)[C@H](NC(=O)c1cccc(N2CCCS2(=O)=O)c1)c1ccc(Cl)cc1. The normalized spacial score (nSPS) is 17.1. The van der Waals surface area contributed by atoms with Gasteiger partial charge in [-0.15, -0.1) is 0 Å². The minimum atomic E-state index is -3.28. The van der Waals surface area contributed by atoms with Crippen LogP contribution in [0.3, 0.4) is 0 Å². The van der Waals surface area contributed by atoms with Crippen LogP contribution in [0.25, 0.3) is 0 Å². The number of carbonyl (C=O) groups is 1. The Morgan fingerprint density at radius 1 is 1.15 bits per heavy atom. The summed E-state index contributed by atoms with van der Waals surface area (Å²) in [5.74, 6) is 0.0921. The Bertz CT molecular complexity index is 926. The first kappa shape index (κ1) is 19.7. The second-order valence-electron chi connectivity index (χ2n) is 7.04. The van der Waals surface area contributed by atoms with Gasteiger partial charge < -0.3 is 5.32 Å². The maximum atomic E-state index is 12.8. The van der Waals surface area contributed by atoms with Gasteiger partial charge in [-0.3, -0.25) is 9.10 Å². The number of nitrogens with zero attached hydrogens (tertiary/aromatic N) is 1. The van der Waals surface area contributed by atoms with Gasteiger partial charge in [-0.05, 0) is 48.2 Å². The Morgan fingerprint density at radius 3 is 2.44 bits per heavy atom. The summed E-state index contributed by atoms with van der Waals surface area (Å²) in [7, 11) is -3.28. The molecular weight excluding hydrogens is 384 g/mol. The Hall–Kier alpha value is -2.05. The minimum Gasteiger partial charge on any atom is -0.345 e. The van der Waals surface area contributed by atoms with E-state index in [2.05, 4.69) is 5.32 Å². The molecule has 27 heavy (non-hydrogen) atoms. The van der Waals surface area contributed by atoms with Gasteiger partial charge in [0.25, 0.3) is 5.91 Å². The van der Waals surface area contributed by atoms with Crippen LogP contribution in [-0.4, -0.2) is 26.6 Å². The second-order valence-corrected chi connectivity index (χ2v) is 9.49. The molecule has 0 aliphatic carbocycles. The maximum Gasteiger partial charge on any atom is 0.251 e. The smallest absolute Gasteiger partial charge is 0.251 e. The summed E-state index contributed by atoms with van der Waals surface area (Å²) in [4.78, 5) is 12.8. The lowest BCUT2D eigenvalue weighted by atomic mass is 9.95. The summed E-state index contributed by atoms with van der Waals surface area (Å²) in [5.41, 5.74) is 1.95. The molecule has 0 spiro atoms. The molecule has 1 saturated heterocycles. The molecule has 144 valence electrons. The highest BCUT2D eigenvalue weighted by molar-refractivity contribution is 7.93. The minimum absolute atomic E-state index is 0.148. The predicted molar refractivity (Wildman–Crippen MR) is 109 cm³/mol. The van der Waals surface area contributed by atoms with Crippen molar-refractivity contribution in [2.45, 2.75) is 26.3 Å². The van der Waals surface area contributed by atoms with E-state index in [4.69, 9.17) is 11.6 Å². The zero-order valence-corrected chi connectivity index (χ0v) is 16.9. The molecule has 1 fully saturated rings. The van der Waals surface area contributed by atoms with E-state index in [0.29, 0.717) is 29.2 Å². The van der Waals surface area contributed by atoms with E-state index in [1.807, 2.05) is 26.0 Å². The average Bonchev–Trinajstić information content (AvgIpc) is 2.99. The Kier molecular flexibility index (Phi) is 5.77. The quantitative estimate of drug-likeness (QED) is 0.815. The first-order valence-electron chi connectivity index (χ1n) is 8.95. The Morgan fingerprint density at radius 2 is 1.85 bits per heavy atom. The van der Waals surface area contributed by atoms with Gasteiger partial charge in [0.2, 0.25) is 10.0 Å². The molecule has 1 amide bonds. The molecule has 0 bridgehead atoms. The van der Waals surface area contributed by atoms with Crippen molar-refractivity contribution < 1.29 is 13.2 Å². The number of amides is 1. The number of anilines is 1. The summed E-state index contributed by atoms with van der Waals surface area (Å²) >= 11 is 5.96. The Balaban J connectivity index is 1.82. The van der Waals surface area contributed by atoms with Crippen LogP contribution in [-0.2, 0) is 10.0 Å². The van der Waals surface area contributed by atoms with E-state index in [1.165, 1.54) is 4.31 Å². The van der Waals surface area contributed by atoms with Gasteiger partial charge in [0.15, 0.2) is 0 Å². The summed E-state index contributed by atoms with van der Waals surface area (Å²) in [6.45, 7) is 4.52. The standard InChI is InChI=1S/C20H23ClN2O3S/c1-14(2)19(15-7-9-17(21)10-8-15)22-20(24)16-5-3-6-18(13-16)23-11-4-12-27(23,25)26/h3,5-10,13-14,19H,4,11-12H2,1-2H3,(H,22,24)/t19-/m0/s1. The molecule has 7 heteroatoms. The summed E-state index contributed by atoms with van der Waals surface area (Å²) in [6.07, 6.45) is 0.602. The van der Waals surface area contributed by atoms with Gasteiger partial charge >= 0.3 is 0 Å². The van der Waals surface area contributed by atoms with Crippen molar-refractivity contribution in [2.75, 3.05) is 16.6 Å². The van der Waals surface area contributed by atoms with E-state index >= 15 is 0 Å². The van der Waals surface area contributed by atoms with E-state index in [9.17, 15) is 13.2 Å². The lowest BCUT2D eigenvalue weighted by Gasteiger charge is -2.23. The van der Waals surface area contributed by atoms with Crippen molar-refractivity contribution in [3.8, 4) is 0 Å². The molecule has 1 aliphatic rings. The van der Waals surface area contributed by atoms with Crippen molar-refractivity contribution >= 4 is 33.2 Å². The van der Waals surface area contributed by atoms with Crippen molar-refractivity contribution in [1.82, 2.24) is 5.32 Å². The molecule has 2 aromatic rings. The molecule has 2 aromatic carbocycles. The van der Waals surface area contributed by atoms with Gasteiger partial charge in [0.05, 0.1) is 17.5 Å². The van der Waals surface area contributed by atoms with Crippen molar-refractivity contribution in [2.24, 2.45) is 5.92 Å². The zero-order chi connectivity index (χ0) is 19.6. The van der Waals surface area contributed by atoms with E-state index in [-0.39, 0.29) is 23.6 Å². The summed E-state index contributed by atoms with van der Waals surface area (Å²) in [6, 6.07) is 14.0. The van der Waals surface area contributed by atoms with Crippen molar-refractivity contribution in [3.05, 3.63) is 64.7 Å². The third-order valence-electron chi connectivity index (χ3n) is 4.68. The van der Waals surface area contributed by atoms with Crippen LogP contribution in [0.1, 0.15) is 42.2 Å². The molecule has 1 aliphatic heterocycles. The molecular formula is C20H23ClN2O3S.